The summed E-state index contributed by atoms with van der Waals surface area (Å²) in [5.74, 6) is 1.51. The predicted octanol–water partition coefficient (Wildman–Crippen LogP) is 5.20. The van der Waals surface area contributed by atoms with E-state index in [-0.39, 0.29) is 0 Å². The Bertz CT molecular complexity index is 845. The van der Waals surface area contributed by atoms with Crippen LogP contribution in [-0.4, -0.2) is 20.8 Å². The second kappa shape index (κ2) is 6.05. The molecule has 3 nitrogen and oxygen atoms in total. The van der Waals surface area contributed by atoms with Gasteiger partial charge in [0.05, 0.1) is 14.2 Å². The van der Waals surface area contributed by atoms with E-state index in [1.54, 1.807) is 14.2 Å². The molecule has 0 fully saturated rings. The lowest BCUT2D eigenvalue weighted by Gasteiger charge is -2.16. The first-order valence-corrected chi connectivity index (χ1v) is 8.00. The Morgan fingerprint density at radius 2 is 1.86 bits per heavy atom. The molecule has 1 N–H and O–H groups in total. The molecule has 0 saturated carbocycles. The van der Waals surface area contributed by atoms with Crippen molar-refractivity contribution in [1.82, 2.24) is 0 Å². The molecule has 0 aliphatic heterocycles. The smallest absolute Gasteiger partial charge is 0.169 e. The third-order valence-corrected chi connectivity index (χ3v) is 4.46. The Kier molecular flexibility index (Phi) is 4.12. The zero-order chi connectivity index (χ0) is 15.7. The van der Waals surface area contributed by atoms with Crippen molar-refractivity contribution >= 4 is 43.2 Å². The summed E-state index contributed by atoms with van der Waals surface area (Å²) in [4.78, 5) is 0. The Morgan fingerprint density at radius 3 is 2.55 bits per heavy atom. The van der Waals surface area contributed by atoms with Crippen molar-refractivity contribution in [3.05, 3.63) is 40.9 Å². The van der Waals surface area contributed by atoms with Gasteiger partial charge < -0.3 is 14.8 Å². The zero-order valence-electron chi connectivity index (χ0n) is 12.9. The number of rotatable bonds is 4. The molecule has 3 rings (SSSR count). The van der Waals surface area contributed by atoms with Gasteiger partial charge in [-0.15, -0.1) is 0 Å². The molecular formula is C18H18BrNO2. The van der Waals surface area contributed by atoms with Gasteiger partial charge in [0.2, 0.25) is 0 Å². The van der Waals surface area contributed by atoms with E-state index in [0.717, 1.165) is 49.7 Å². The average molecular weight is 360 g/mol. The van der Waals surface area contributed by atoms with Gasteiger partial charge in [0, 0.05) is 27.5 Å². The van der Waals surface area contributed by atoms with Gasteiger partial charge in [0.1, 0.15) is 0 Å². The number of hydrogen-bond donors (Lipinski definition) is 1. The minimum atomic E-state index is 0.743. The number of nitrogens with one attached hydrogen (secondary N) is 1. The Hall–Kier alpha value is -1.94. The molecule has 0 saturated heterocycles. The van der Waals surface area contributed by atoms with E-state index in [0.29, 0.717) is 0 Å². The van der Waals surface area contributed by atoms with Crippen LogP contribution < -0.4 is 14.8 Å². The van der Waals surface area contributed by atoms with Gasteiger partial charge >= 0.3 is 0 Å². The first kappa shape index (κ1) is 15.0. The van der Waals surface area contributed by atoms with Crippen molar-refractivity contribution in [1.29, 1.82) is 0 Å². The maximum atomic E-state index is 5.64. The van der Waals surface area contributed by atoms with Gasteiger partial charge in [-0.25, -0.2) is 0 Å². The molecule has 3 aromatic rings. The second-order valence-corrected chi connectivity index (χ2v) is 5.87. The molecule has 0 bridgehead atoms. The van der Waals surface area contributed by atoms with Crippen molar-refractivity contribution in [3.63, 3.8) is 0 Å². The quantitative estimate of drug-likeness (QED) is 0.649. The summed E-state index contributed by atoms with van der Waals surface area (Å²) in [6, 6.07) is 12.4. The fourth-order valence-electron chi connectivity index (χ4n) is 2.90. The highest BCUT2D eigenvalue weighted by atomic mass is 79.9. The standard InChI is InChI=1S/C18H18BrNO2/c1-4-20-14-10-11-8-9-15(21-2)18(22-3)16(11)12-6-5-7-13(19)17(12)14/h5-10,20H,4H2,1-3H3. The summed E-state index contributed by atoms with van der Waals surface area (Å²) in [6.45, 7) is 2.97. The monoisotopic (exact) mass is 359 g/mol. The first-order valence-electron chi connectivity index (χ1n) is 7.21. The maximum absolute atomic E-state index is 5.64. The topological polar surface area (TPSA) is 30.5 Å². The highest BCUT2D eigenvalue weighted by Crippen LogP contribution is 2.43. The molecule has 0 aliphatic rings. The van der Waals surface area contributed by atoms with E-state index in [2.05, 4.69) is 52.4 Å². The van der Waals surface area contributed by atoms with Gasteiger partial charge in [0.25, 0.3) is 0 Å². The largest absolute Gasteiger partial charge is 0.493 e. The molecule has 0 aliphatic carbocycles. The molecule has 114 valence electrons. The van der Waals surface area contributed by atoms with Crippen molar-refractivity contribution in [3.8, 4) is 11.5 Å². The fourth-order valence-corrected chi connectivity index (χ4v) is 3.48. The number of hydrogen-bond acceptors (Lipinski definition) is 3. The number of benzene rings is 3. The molecule has 0 amide bonds. The lowest BCUT2D eigenvalue weighted by atomic mass is 9.99. The third-order valence-electron chi connectivity index (χ3n) is 3.80. The van der Waals surface area contributed by atoms with E-state index in [1.165, 1.54) is 0 Å². The summed E-state index contributed by atoms with van der Waals surface area (Å²) in [6.07, 6.45) is 0. The third kappa shape index (κ3) is 2.28. The van der Waals surface area contributed by atoms with Crippen molar-refractivity contribution in [2.75, 3.05) is 26.1 Å². The van der Waals surface area contributed by atoms with E-state index in [1.807, 2.05) is 12.1 Å². The summed E-state index contributed by atoms with van der Waals surface area (Å²) in [7, 11) is 3.34. The normalized spacial score (nSPS) is 10.9. The maximum Gasteiger partial charge on any atom is 0.169 e. The van der Waals surface area contributed by atoms with Crippen LogP contribution in [0.1, 0.15) is 6.92 Å². The predicted molar refractivity (Wildman–Crippen MR) is 96.4 cm³/mol. The molecule has 0 aromatic heterocycles. The summed E-state index contributed by atoms with van der Waals surface area (Å²) < 4.78 is 12.1. The van der Waals surface area contributed by atoms with Crippen LogP contribution in [-0.2, 0) is 0 Å². The van der Waals surface area contributed by atoms with Crippen LogP contribution in [0.15, 0.2) is 40.9 Å². The highest BCUT2D eigenvalue weighted by Gasteiger charge is 2.15. The summed E-state index contributed by atoms with van der Waals surface area (Å²) in [5, 5.41) is 7.93. The number of ether oxygens (including phenoxy) is 2. The van der Waals surface area contributed by atoms with Gasteiger partial charge in [-0.05, 0) is 35.9 Å². The highest BCUT2D eigenvalue weighted by molar-refractivity contribution is 9.10. The van der Waals surface area contributed by atoms with E-state index < -0.39 is 0 Å². The Balaban J connectivity index is 2.52. The minimum absolute atomic E-state index is 0.743. The van der Waals surface area contributed by atoms with E-state index in [9.17, 15) is 0 Å². The molecule has 22 heavy (non-hydrogen) atoms. The fraction of sp³-hybridized carbons (Fsp3) is 0.222. The molecular weight excluding hydrogens is 342 g/mol. The van der Waals surface area contributed by atoms with Crippen LogP contribution in [0.4, 0.5) is 5.69 Å². The van der Waals surface area contributed by atoms with Crippen LogP contribution in [0.3, 0.4) is 0 Å². The molecule has 3 aromatic carbocycles. The number of fused-ring (bicyclic) bond motifs is 3. The lowest BCUT2D eigenvalue weighted by molar-refractivity contribution is 0.359. The number of methoxy groups -OCH3 is 2. The van der Waals surface area contributed by atoms with Crippen molar-refractivity contribution in [2.24, 2.45) is 0 Å². The zero-order valence-corrected chi connectivity index (χ0v) is 14.5. The van der Waals surface area contributed by atoms with Crippen LogP contribution in [0.25, 0.3) is 21.5 Å². The van der Waals surface area contributed by atoms with Crippen LogP contribution in [0.2, 0.25) is 0 Å². The SMILES string of the molecule is CCNc1cc2ccc(OC)c(OC)c2c2cccc(Br)c12. The van der Waals surface area contributed by atoms with Gasteiger partial charge in [0.15, 0.2) is 11.5 Å². The Labute approximate surface area is 138 Å². The van der Waals surface area contributed by atoms with Gasteiger partial charge in [-0.2, -0.15) is 0 Å². The molecule has 0 spiro atoms. The van der Waals surface area contributed by atoms with Crippen LogP contribution in [0, 0.1) is 0 Å². The van der Waals surface area contributed by atoms with Gasteiger partial charge in [-0.3, -0.25) is 0 Å². The van der Waals surface area contributed by atoms with Crippen molar-refractivity contribution < 1.29 is 9.47 Å². The molecule has 4 heteroatoms. The summed E-state index contributed by atoms with van der Waals surface area (Å²) >= 11 is 3.67. The van der Waals surface area contributed by atoms with E-state index >= 15 is 0 Å². The van der Waals surface area contributed by atoms with E-state index in [4.69, 9.17) is 9.47 Å². The molecule has 0 radical (unpaired) electrons. The number of anilines is 1. The second-order valence-electron chi connectivity index (χ2n) is 5.02. The average Bonchev–Trinajstić information content (AvgIpc) is 2.54. The minimum Gasteiger partial charge on any atom is -0.493 e. The Morgan fingerprint density at radius 1 is 1.05 bits per heavy atom. The van der Waals surface area contributed by atoms with Crippen LogP contribution >= 0.6 is 15.9 Å². The molecule has 0 heterocycles. The van der Waals surface area contributed by atoms with Crippen molar-refractivity contribution in [2.45, 2.75) is 6.92 Å². The first-order chi connectivity index (χ1) is 10.7. The summed E-state index contributed by atoms with van der Waals surface area (Å²) in [5.41, 5.74) is 1.12. The molecule has 0 atom stereocenters. The number of halogens is 1. The van der Waals surface area contributed by atoms with Crippen LogP contribution in [0.5, 0.6) is 11.5 Å². The van der Waals surface area contributed by atoms with Gasteiger partial charge in [-0.1, -0.05) is 34.1 Å². The lowest BCUT2D eigenvalue weighted by Crippen LogP contribution is -1.99. The molecule has 0 unspecified atom stereocenters.